The Morgan fingerprint density at radius 1 is 1.42 bits per heavy atom. The minimum atomic E-state index is -0.611. The van der Waals surface area contributed by atoms with E-state index in [4.69, 9.17) is 11.6 Å². The van der Waals surface area contributed by atoms with Crippen molar-refractivity contribution in [1.29, 1.82) is 0 Å². The molecule has 1 heterocycles. The Hall–Kier alpha value is -2.41. The maximum Gasteiger partial charge on any atom is 0.408 e. The number of carbonyl (C=O) groups excluding carboxylic acids is 1. The first-order chi connectivity index (χ1) is 11.4. The molecule has 7 nitrogen and oxygen atoms in total. The molecule has 8 heteroatoms. The van der Waals surface area contributed by atoms with Crippen LogP contribution < -0.4 is 5.32 Å². The molecule has 1 aromatic heterocycles. The molecule has 0 aliphatic heterocycles. The Morgan fingerprint density at radius 3 is 2.67 bits per heavy atom. The smallest absolute Gasteiger partial charge is 0.358 e. The number of rotatable bonds is 7. The lowest BCUT2D eigenvalue weighted by atomic mass is 10.1. The summed E-state index contributed by atoms with van der Waals surface area (Å²) < 4.78 is 1.47. The molecule has 1 amide bonds. The summed E-state index contributed by atoms with van der Waals surface area (Å²) in [6, 6.07) is 9.62. The fourth-order valence-corrected chi connectivity index (χ4v) is 2.58. The number of aryl methyl sites for hydroxylation is 1. The summed E-state index contributed by atoms with van der Waals surface area (Å²) in [7, 11) is 0. The standard InChI is InChI=1S/C16H19ClN4O3/c1-11(13-7-4-3-5-8-13)18-14(22)9-6-10-20-12(2)15(17)16(19-20)21(23)24/h3-5,7-8,11H,6,9-10H2,1-2H3,(H,18,22). The highest BCUT2D eigenvalue weighted by Crippen LogP contribution is 2.26. The largest absolute Gasteiger partial charge is 0.408 e. The molecule has 0 aliphatic rings. The molecule has 2 rings (SSSR count). The quantitative estimate of drug-likeness (QED) is 0.612. The topological polar surface area (TPSA) is 90.1 Å². The van der Waals surface area contributed by atoms with E-state index in [-0.39, 0.29) is 22.8 Å². The minimum Gasteiger partial charge on any atom is -0.358 e. The summed E-state index contributed by atoms with van der Waals surface area (Å²) in [5.41, 5.74) is 1.57. The van der Waals surface area contributed by atoms with Gasteiger partial charge in [-0.15, -0.1) is 0 Å². The van der Waals surface area contributed by atoms with E-state index in [1.807, 2.05) is 37.3 Å². The van der Waals surface area contributed by atoms with Crippen LogP contribution in [0, 0.1) is 17.0 Å². The Balaban J connectivity index is 1.85. The van der Waals surface area contributed by atoms with Gasteiger partial charge in [-0.3, -0.25) is 4.79 Å². The van der Waals surface area contributed by atoms with Gasteiger partial charge in [-0.05, 0) is 30.8 Å². The maximum atomic E-state index is 12.0. The molecule has 128 valence electrons. The summed E-state index contributed by atoms with van der Waals surface area (Å²) in [4.78, 5) is 22.2. The first kappa shape index (κ1) is 17.9. The lowest BCUT2D eigenvalue weighted by Crippen LogP contribution is -2.26. The predicted molar refractivity (Wildman–Crippen MR) is 90.9 cm³/mol. The molecule has 0 saturated carbocycles. The highest BCUT2D eigenvalue weighted by atomic mass is 35.5. The fourth-order valence-electron chi connectivity index (χ4n) is 2.37. The summed E-state index contributed by atoms with van der Waals surface area (Å²) in [5.74, 6) is -0.423. The number of benzene rings is 1. The second-order valence-electron chi connectivity index (χ2n) is 5.51. The summed E-state index contributed by atoms with van der Waals surface area (Å²) in [6.07, 6.45) is 0.825. The first-order valence-corrected chi connectivity index (χ1v) is 7.99. The number of hydrogen-bond donors (Lipinski definition) is 1. The maximum absolute atomic E-state index is 12.0. The van der Waals surface area contributed by atoms with Gasteiger partial charge in [0.1, 0.15) is 0 Å². The van der Waals surface area contributed by atoms with Gasteiger partial charge in [-0.25, -0.2) is 0 Å². The van der Waals surface area contributed by atoms with Gasteiger partial charge < -0.3 is 15.4 Å². The molecule has 0 spiro atoms. The van der Waals surface area contributed by atoms with Crippen molar-refractivity contribution in [2.75, 3.05) is 0 Å². The lowest BCUT2D eigenvalue weighted by molar-refractivity contribution is -0.389. The molecule has 2 aromatic rings. The van der Waals surface area contributed by atoms with Gasteiger partial charge in [0, 0.05) is 6.42 Å². The van der Waals surface area contributed by atoms with Crippen molar-refractivity contribution in [2.45, 2.75) is 39.3 Å². The second kappa shape index (κ2) is 7.92. The molecule has 0 fully saturated rings. The Labute approximate surface area is 144 Å². The third-order valence-electron chi connectivity index (χ3n) is 3.74. The van der Waals surface area contributed by atoms with Crippen LogP contribution in [0.1, 0.15) is 37.1 Å². The molecule has 1 unspecified atom stereocenters. The zero-order valence-electron chi connectivity index (χ0n) is 13.5. The van der Waals surface area contributed by atoms with Gasteiger partial charge in [0.05, 0.1) is 23.4 Å². The van der Waals surface area contributed by atoms with Crippen molar-refractivity contribution in [3.8, 4) is 0 Å². The van der Waals surface area contributed by atoms with Crippen molar-refractivity contribution >= 4 is 23.3 Å². The highest BCUT2D eigenvalue weighted by Gasteiger charge is 2.23. The molecule has 24 heavy (non-hydrogen) atoms. The summed E-state index contributed by atoms with van der Waals surface area (Å²) in [6.45, 7) is 3.99. The van der Waals surface area contributed by atoms with Gasteiger partial charge in [0.25, 0.3) is 0 Å². The summed E-state index contributed by atoms with van der Waals surface area (Å²) >= 11 is 5.88. The van der Waals surface area contributed by atoms with Gasteiger partial charge in [0.2, 0.25) is 5.91 Å². The van der Waals surface area contributed by atoms with Crippen LogP contribution >= 0.6 is 11.6 Å². The molecule has 0 aliphatic carbocycles. The van der Waals surface area contributed by atoms with Crippen molar-refractivity contribution in [2.24, 2.45) is 0 Å². The first-order valence-electron chi connectivity index (χ1n) is 7.61. The Morgan fingerprint density at radius 2 is 2.08 bits per heavy atom. The third-order valence-corrected chi connectivity index (χ3v) is 4.18. The summed E-state index contributed by atoms with van der Waals surface area (Å²) in [5, 5.41) is 17.6. The number of carbonyl (C=O) groups is 1. The van der Waals surface area contributed by atoms with Crippen LogP contribution in [0.4, 0.5) is 5.82 Å². The monoisotopic (exact) mass is 350 g/mol. The van der Waals surface area contributed by atoms with Crippen molar-refractivity contribution in [3.05, 3.63) is 56.7 Å². The second-order valence-corrected chi connectivity index (χ2v) is 5.88. The van der Waals surface area contributed by atoms with Gasteiger partial charge in [-0.2, -0.15) is 4.68 Å². The van der Waals surface area contributed by atoms with Crippen molar-refractivity contribution in [3.63, 3.8) is 0 Å². The van der Waals surface area contributed by atoms with Crippen LogP contribution in [-0.2, 0) is 11.3 Å². The van der Waals surface area contributed by atoms with E-state index in [2.05, 4.69) is 10.4 Å². The average molecular weight is 351 g/mol. The molecule has 0 radical (unpaired) electrons. The van der Waals surface area contributed by atoms with E-state index in [1.54, 1.807) is 6.92 Å². The number of amides is 1. The van der Waals surface area contributed by atoms with Gasteiger partial charge in [0.15, 0.2) is 5.02 Å². The van der Waals surface area contributed by atoms with E-state index in [9.17, 15) is 14.9 Å². The van der Waals surface area contributed by atoms with Crippen LogP contribution in [0.2, 0.25) is 5.02 Å². The molecule has 1 N–H and O–H groups in total. The highest BCUT2D eigenvalue weighted by molar-refractivity contribution is 6.33. The normalized spacial score (nSPS) is 12.0. The SMILES string of the molecule is Cc1c(Cl)c([N+](=O)[O-])nn1CCCC(=O)NC(C)c1ccccc1. The number of nitro groups is 1. The zero-order valence-corrected chi connectivity index (χ0v) is 14.3. The van der Waals surface area contributed by atoms with Gasteiger partial charge in [-0.1, -0.05) is 41.9 Å². The van der Waals surface area contributed by atoms with Crippen LogP contribution in [-0.4, -0.2) is 20.6 Å². The van der Waals surface area contributed by atoms with Crippen molar-refractivity contribution < 1.29 is 9.72 Å². The van der Waals surface area contributed by atoms with Crippen LogP contribution in [0.5, 0.6) is 0 Å². The van der Waals surface area contributed by atoms with Crippen LogP contribution in [0.15, 0.2) is 30.3 Å². The van der Waals surface area contributed by atoms with Crippen molar-refractivity contribution in [1.82, 2.24) is 15.1 Å². The number of aromatic nitrogens is 2. The molecular formula is C16H19ClN4O3. The van der Waals surface area contributed by atoms with E-state index >= 15 is 0 Å². The number of nitrogens with zero attached hydrogens (tertiary/aromatic N) is 3. The Kier molecular flexibility index (Phi) is 5.92. The lowest BCUT2D eigenvalue weighted by Gasteiger charge is -2.14. The predicted octanol–water partition coefficient (Wildman–Crippen LogP) is 3.41. The molecule has 1 atom stereocenters. The van der Waals surface area contributed by atoms with E-state index in [0.717, 1.165) is 5.56 Å². The molecule has 1 aromatic carbocycles. The molecular weight excluding hydrogens is 332 g/mol. The van der Waals surface area contributed by atoms with Crippen LogP contribution in [0.3, 0.4) is 0 Å². The van der Waals surface area contributed by atoms with Gasteiger partial charge >= 0.3 is 5.82 Å². The Bertz CT molecular complexity index is 730. The molecule has 0 bridgehead atoms. The third kappa shape index (κ3) is 4.32. The van der Waals surface area contributed by atoms with E-state index in [1.165, 1.54) is 4.68 Å². The minimum absolute atomic E-state index is 0.0437. The average Bonchev–Trinajstić information content (AvgIpc) is 2.84. The number of hydrogen-bond acceptors (Lipinski definition) is 4. The fraction of sp³-hybridized carbons (Fsp3) is 0.375. The van der Waals surface area contributed by atoms with E-state index < -0.39 is 4.92 Å². The van der Waals surface area contributed by atoms with Crippen LogP contribution in [0.25, 0.3) is 0 Å². The van der Waals surface area contributed by atoms with E-state index in [0.29, 0.717) is 25.1 Å². The number of halogens is 1. The zero-order chi connectivity index (χ0) is 17.7. The number of nitrogens with one attached hydrogen (secondary N) is 1. The molecule has 0 saturated heterocycles.